The molecule has 22 nitrogen and oxygen atoms in total. The Labute approximate surface area is 425 Å². The number of aliphatic carboxylic acids is 1. The second-order valence-electron chi connectivity index (χ2n) is 19.0. The molecular weight excluding hydrogens is 963 g/mol. The number of thioether (sulfide) groups is 2. The number of fused-ring (bicyclic) bond motifs is 1. The molecule has 0 aromatic rings. The third-order valence-electron chi connectivity index (χ3n) is 11.6. The molecule has 3 unspecified atom stereocenters. The molecule has 8 N–H and O–H groups in total. The first-order chi connectivity index (χ1) is 33.3. The van der Waals surface area contributed by atoms with Crippen LogP contribution in [0.15, 0.2) is 5.11 Å². The maximum atomic E-state index is 13.2. The van der Waals surface area contributed by atoms with Gasteiger partial charge in [0.05, 0.1) is 36.9 Å². The van der Waals surface area contributed by atoms with Gasteiger partial charge >= 0.3 is 22.0 Å². The predicted octanol–water partition coefficient (Wildman–Crippen LogP) is 2.47. The molecule has 2 heterocycles. The van der Waals surface area contributed by atoms with E-state index in [1.807, 2.05) is 58.5 Å². The Balaban J connectivity index is 1.54. The SMILES string of the molecule is CC(C)C[C@@H](C(=O)N[C@@H](C)C(=O)N[C@@H](CCCCN=[N+]=[N-])C(=O)NCCO[SiH2]OC(C)(C)COCCCSCCC(=O)N[C@@H](CCCCNC(=O)CCCCC1SCC2NC(=O)NC21)C(=O)O)N(C)C. The van der Waals surface area contributed by atoms with Gasteiger partial charge in [0.25, 0.3) is 0 Å². The highest BCUT2D eigenvalue weighted by Gasteiger charge is 2.42. The van der Waals surface area contributed by atoms with Crippen LogP contribution in [-0.2, 0) is 42.4 Å². The molecule has 70 heavy (non-hydrogen) atoms. The minimum Gasteiger partial charge on any atom is -0.480 e. The van der Waals surface area contributed by atoms with Gasteiger partial charge in [0.15, 0.2) is 0 Å². The summed E-state index contributed by atoms with van der Waals surface area (Å²) in [5.74, 6) is -0.0901. The second kappa shape index (κ2) is 35.3. The fraction of sp³-hybridized carbons (Fsp3) is 0.844. The van der Waals surface area contributed by atoms with Gasteiger partial charge < -0.3 is 55.9 Å². The van der Waals surface area contributed by atoms with Crippen LogP contribution < -0.4 is 37.2 Å². The van der Waals surface area contributed by atoms with Crippen molar-refractivity contribution in [3.05, 3.63) is 10.4 Å². The number of hydrogen-bond acceptors (Lipinski definition) is 14. The normalized spacial score (nSPS) is 18.3. The average Bonchev–Trinajstić information content (AvgIpc) is 3.86. The van der Waals surface area contributed by atoms with E-state index in [0.717, 1.165) is 37.2 Å². The molecular formula is C45H83N11O11S2Si. The Bertz CT molecular complexity index is 1680. The number of hydrogen-bond donors (Lipinski definition) is 8. The predicted molar refractivity (Wildman–Crippen MR) is 275 cm³/mol. The lowest BCUT2D eigenvalue weighted by Crippen LogP contribution is -2.55. The monoisotopic (exact) mass is 1050 g/mol. The van der Waals surface area contributed by atoms with Crippen molar-refractivity contribution in [3.8, 4) is 0 Å². The summed E-state index contributed by atoms with van der Waals surface area (Å²) in [6, 6.07) is -2.87. The molecule has 2 fully saturated rings. The number of carboxylic acid groups (broad SMARTS) is 1. The van der Waals surface area contributed by atoms with E-state index in [1.54, 1.807) is 18.7 Å². The molecule has 2 saturated heterocycles. The van der Waals surface area contributed by atoms with Crippen molar-refractivity contribution in [2.45, 2.75) is 165 Å². The van der Waals surface area contributed by atoms with Gasteiger partial charge in [-0.2, -0.15) is 23.5 Å². The second-order valence-corrected chi connectivity index (χ2v) is 22.4. The summed E-state index contributed by atoms with van der Waals surface area (Å²) in [7, 11) is 2.21. The molecule has 7 amide bonds. The highest BCUT2D eigenvalue weighted by molar-refractivity contribution is 8.00. The van der Waals surface area contributed by atoms with Gasteiger partial charge in [-0.05, 0) is 110 Å². The number of likely N-dealkylation sites (N-methyl/N-ethyl adjacent to an activating group) is 1. The van der Waals surface area contributed by atoms with Gasteiger partial charge in [-0.3, -0.25) is 28.9 Å². The van der Waals surface area contributed by atoms with E-state index < -0.39 is 57.6 Å². The van der Waals surface area contributed by atoms with Crippen LogP contribution in [0.5, 0.6) is 0 Å². The molecule has 0 radical (unpaired) electrons. The molecule has 0 aromatic heterocycles. The third-order valence-corrected chi connectivity index (χ3v) is 15.5. The first kappa shape index (κ1) is 62.3. The first-order valence-corrected chi connectivity index (χ1v) is 28.1. The standard InChI is InChI=1S/C45H83N11O11S2Si/c1-30(2)27-35(56(6)7)42(61)50-31(3)40(59)52-32(15-11-13-21-49-55-46)41(60)48-22-24-66-70-67-45(4,5)29-65-23-14-25-68-26-19-38(58)51-33(43(62)63)16-10-12-20-47-37(57)18-9-8-17-36-39-34(28-69-36)53-44(64)54-39/h30-36,39H,8-29,70H2,1-7H3,(H,47,57)(H,48,60)(H,50,61)(H,51,58)(H,52,59)(H,62,63)(H2,53,54,64)/t31-,32-,33-,34?,35-,36?,39?/m0/s1. The highest BCUT2D eigenvalue weighted by Crippen LogP contribution is 2.33. The number of carbonyl (C=O) groups is 7. The number of azide groups is 1. The summed E-state index contributed by atoms with van der Waals surface area (Å²) in [4.78, 5) is 91.9. The fourth-order valence-electron chi connectivity index (χ4n) is 7.62. The van der Waals surface area contributed by atoms with Crippen LogP contribution in [0.4, 0.5) is 4.79 Å². The largest absolute Gasteiger partial charge is 0.480 e. The number of ether oxygens (including phenoxy) is 1. The van der Waals surface area contributed by atoms with Crippen LogP contribution in [0, 0.1) is 5.92 Å². The van der Waals surface area contributed by atoms with Gasteiger partial charge in [-0.15, -0.1) is 0 Å². The minimum atomic E-state index is -1.42. The van der Waals surface area contributed by atoms with Gasteiger partial charge in [-0.1, -0.05) is 31.8 Å². The Morgan fingerprint density at radius 1 is 0.886 bits per heavy atom. The number of nitrogens with zero attached hydrogens (tertiary/aromatic N) is 4. The molecule has 0 saturated carbocycles. The maximum absolute atomic E-state index is 13.2. The van der Waals surface area contributed by atoms with E-state index >= 15 is 0 Å². The van der Waals surface area contributed by atoms with Crippen LogP contribution in [0.2, 0.25) is 0 Å². The molecule has 7 atom stereocenters. The van der Waals surface area contributed by atoms with E-state index in [1.165, 1.54) is 0 Å². The number of urea groups is 1. The number of carbonyl (C=O) groups excluding carboxylic acids is 6. The van der Waals surface area contributed by atoms with Crippen molar-refractivity contribution >= 4 is 75.1 Å². The topological polar surface area (TPSA) is 304 Å². The number of unbranched alkanes of at least 4 members (excludes halogenated alkanes) is 3. The van der Waals surface area contributed by atoms with Crippen molar-refractivity contribution in [2.75, 3.05) is 70.8 Å². The highest BCUT2D eigenvalue weighted by atomic mass is 32.2. The number of nitrogens with one attached hydrogen (secondary N) is 7. The Morgan fingerprint density at radius 3 is 2.34 bits per heavy atom. The van der Waals surface area contributed by atoms with Gasteiger partial charge in [0.2, 0.25) is 29.5 Å². The van der Waals surface area contributed by atoms with Crippen LogP contribution >= 0.6 is 23.5 Å². The molecule has 2 aliphatic heterocycles. The van der Waals surface area contributed by atoms with Crippen LogP contribution in [-0.4, -0.2) is 179 Å². The van der Waals surface area contributed by atoms with Crippen molar-refractivity contribution in [1.82, 2.24) is 42.1 Å². The summed E-state index contributed by atoms with van der Waals surface area (Å²) in [6.45, 7) is 11.4. The van der Waals surface area contributed by atoms with Crippen molar-refractivity contribution < 1.29 is 52.3 Å². The molecule has 400 valence electrons. The molecule has 0 bridgehead atoms. The summed E-state index contributed by atoms with van der Waals surface area (Å²) >= 11 is 3.45. The van der Waals surface area contributed by atoms with Gasteiger partial charge in [0, 0.05) is 60.8 Å². The minimum absolute atomic E-state index is 0.0310. The molecule has 0 spiro atoms. The lowest BCUT2D eigenvalue weighted by molar-refractivity contribution is -0.142. The average molecular weight is 1050 g/mol. The number of carboxylic acids is 1. The first-order valence-electron chi connectivity index (χ1n) is 24.7. The maximum Gasteiger partial charge on any atom is 0.326 e. The lowest BCUT2D eigenvalue weighted by Gasteiger charge is -2.27. The number of amides is 7. The van der Waals surface area contributed by atoms with Crippen LogP contribution in [0.1, 0.15) is 118 Å². The zero-order valence-electron chi connectivity index (χ0n) is 42.5. The molecule has 0 aliphatic carbocycles. The van der Waals surface area contributed by atoms with E-state index in [-0.39, 0.29) is 74.3 Å². The van der Waals surface area contributed by atoms with Crippen LogP contribution in [0.25, 0.3) is 10.4 Å². The van der Waals surface area contributed by atoms with Crippen molar-refractivity contribution in [3.63, 3.8) is 0 Å². The fourth-order valence-corrected chi connectivity index (χ4v) is 10.8. The smallest absolute Gasteiger partial charge is 0.326 e. The zero-order chi connectivity index (χ0) is 51.9. The van der Waals surface area contributed by atoms with Crippen molar-refractivity contribution in [2.24, 2.45) is 11.0 Å². The lowest BCUT2D eigenvalue weighted by atomic mass is 10.0. The summed E-state index contributed by atoms with van der Waals surface area (Å²) in [5, 5.41) is 33.3. The summed E-state index contributed by atoms with van der Waals surface area (Å²) < 4.78 is 17.5. The Morgan fingerprint density at radius 2 is 1.63 bits per heavy atom. The number of rotatable bonds is 40. The molecule has 0 aromatic carbocycles. The Kier molecular flexibility index (Phi) is 31.4. The molecule has 2 aliphatic rings. The molecule has 2 rings (SSSR count). The zero-order valence-corrected chi connectivity index (χ0v) is 45.6. The molecule has 25 heteroatoms. The summed E-state index contributed by atoms with van der Waals surface area (Å²) in [6.07, 6.45) is 7.42. The van der Waals surface area contributed by atoms with E-state index in [0.29, 0.717) is 75.7 Å². The van der Waals surface area contributed by atoms with E-state index in [4.69, 9.17) is 19.1 Å². The third kappa shape index (κ3) is 27.1. The van der Waals surface area contributed by atoms with Crippen molar-refractivity contribution in [1.29, 1.82) is 0 Å². The summed E-state index contributed by atoms with van der Waals surface area (Å²) in [5.41, 5.74) is 7.98. The van der Waals surface area contributed by atoms with E-state index in [9.17, 15) is 38.7 Å². The van der Waals surface area contributed by atoms with Gasteiger partial charge in [-0.25, -0.2) is 9.59 Å². The van der Waals surface area contributed by atoms with Crippen LogP contribution in [0.3, 0.4) is 0 Å². The quantitative estimate of drug-likeness (QED) is 0.0109. The van der Waals surface area contributed by atoms with E-state index in [2.05, 4.69) is 47.2 Å². The Hall–Kier alpha value is -3.84. The van der Waals surface area contributed by atoms with Gasteiger partial charge in [0.1, 0.15) is 18.1 Å².